The van der Waals surface area contributed by atoms with E-state index in [1.54, 1.807) is 0 Å². The Bertz CT molecular complexity index is 753. The standard InChI is InChI=1S/C17H18ClFN4O/c18-14-10-13(5-6-15(14)19)23-17(24)21-9-7-12-4-3-11-2-1-8-20-16(11)22-12/h3-6,10H,1-2,7-9H2,(H,20,22)(H2,21,23,24). The molecular formula is C17H18ClFN4O. The van der Waals surface area contributed by atoms with Crippen LogP contribution >= 0.6 is 11.6 Å². The summed E-state index contributed by atoms with van der Waals surface area (Å²) >= 11 is 5.68. The lowest BCUT2D eigenvalue weighted by atomic mass is 10.1. The monoisotopic (exact) mass is 348 g/mol. The van der Waals surface area contributed by atoms with Crippen molar-refractivity contribution in [1.82, 2.24) is 10.3 Å². The van der Waals surface area contributed by atoms with Crippen LogP contribution in [0.5, 0.6) is 0 Å². The molecule has 0 radical (unpaired) electrons. The van der Waals surface area contributed by atoms with Gasteiger partial charge in [0.15, 0.2) is 0 Å². The second-order valence-corrected chi connectivity index (χ2v) is 6.01. The van der Waals surface area contributed by atoms with Crippen LogP contribution in [0.1, 0.15) is 17.7 Å². The molecular weight excluding hydrogens is 331 g/mol. The second-order valence-electron chi connectivity index (χ2n) is 5.60. The van der Waals surface area contributed by atoms with Crippen molar-refractivity contribution in [2.75, 3.05) is 23.7 Å². The number of nitrogens with zero attached hydrogens (tertiary/aromatic N) is 1. The number of aryl methyl sites for hydroxylation is 1. The number of carbonyl (C=O) groups excluding carboxylic acids is 1. The van der Waals surface area contributed by atoms with Crippen LogP contribution in [-0.4, -0.2) is 24.1 Å². The van der Waals surface area contributed by atoms with Crippen LogP contribution in [0.3, 0.4) is 0 Å². The number of aromatic nitrogens is 1. The third kappa shape index (κ3) is 4.14. The number of urea groups is 1. The van der Waals surface area contributed by atoms with Crippen LogP contribution in [0.2, 0.25) is 5.02 Å². The average molecular weight is 349 g/mol. The number of hydrogen-bond acceptors (Lipinski definition) is 3. The molecule has 0 spiro atoms. The predicted molar refractivity (Wildman–Crippen MR) is 93.2 cm³/mol. The number of amides is 2. The molecule has 0 bridgehead atoms. The average Bonchev–Trinajstić information content (AvgIpc) is 2.58. The van der Waals surface area contributed by atoms with Gasteiger partial charge in [-0.25, -0.2) is 14.2 Å². The molecule has 0 saturated heterocycles. The smallest absolute Gasteiger partial charge is 0.319 e. The van der Waals surface area contributed by atoms with E-state index < -0.39 is 5.82 Å². The highest BCUT2D eigenvalue weighted by Gasteiger charge is 2.10. The molecule has 0 atom stereocenters. The van der Waals surface area contributed by atoms with Crippen molar-refractivity contribution in [3.05, 3.63) is 52.4 Å². The van der Waals surface area contributed by atoms with E-state index in [1.165, 1.54) is 23.8 Å². The molecule has 3 N–H and O–H groups in total. The number of nitrogens with one attached hydrogen (secondary N) is 3. The Balaban J connectivity index is 1.49. The molecule has 0 saturated carbocycles. The van der Waals surface area contributed by atoms with Crippen LogP contribution in [0, 0.1) is 5.82 Å². The first kappa shape index (κ1) is 16.5. The molecule has 2 heterocycles. The summed E-state index contributed by atoms with van der Waals surface area (Å²) in [5.74, 6) is 0.430. The minimum Gasteiger partial charge on any atom is -0.370 e. The van der Waals surface area contributed by atoms with Gasteiger partial charge in [0.05, 0.1) is 5.02 Å². The molecule has 1 aromatic carbocycles. The molecule has 7 heteroatoms. The molecule has 1 aliphatic rings. The van der Waals surface area contributed by atoms with Gasteiger partial charge in [0.2, 0.25) is 0 Å². The summed E-state index contributed by atoms with van der Waals surface area (Å²) in [6.45, 7) is 1.40. The van der Waals surface area contributed by atoms with Crippen LogP contribution in [0.25, 0.3) is 0 Å². The third-order valence-electron chi connectivity index (χ3n) is 3.80. The Morgan fingerprint density at radius 1 is 1.33 bits per heavy atom. The zero-order valence-electron chi connectivity index (χ0n) is 13.0. The number of pyridine rings is 1. The number of fused-ring (bicyclic) bond motifs is 1. The van der Waals surface area contributed by atoms with Gasteiger partial charge in [-0.2, -0.15) is 0 Å². The second kappa shape index (κ2) is 7.49. The van der Waals surface area contributed by atoms with Gasteiger partial charge in [-0.3, -0.25) is 0 Å². The van der Waals surface area contributed by atoms with Gasteiger partial charge in [-0.05, 0) is 42.7 Å². The van der Waals surface area contributed by atoms with E-state index in [1.807, 2.05) is 6.07 Å². The molecule has 126 valence electrons. The molecule has 2 aromatic rings. The van der Waals surface area contributed by atoms with E-state index in [0.29, 0.717) is 18.7 Å². The van der Waals surface area contributed by atoms with Gasteiger partial charge in [0, 0.05) is 30.9 Å². The quantitative estimate of drug-likeness (QED) is 0.791. The van der Waals surface area contributed by atoms with Crippen LogP contribution in [0.15, 0.2) is 30.3 Å². The van der Waals surface area contributed by atoms with Crippen LogP contribution in [0.4, 0.5) is 20.7 Å². The maximum atomic E-state index is 13.1. The van der Waals surface area contributed by atoms with E-state index in [0.717, 1.165) is 30.9 Å². The molecule has 5 nitrogen and oxygen atoms in total. The maximum Gasteiger partial charge on any atom is 0.319 e. The topological polar surface area (TPSA) is 66.0 Å². The highest BCUT2D eigenvalue weighted by Crippen LogP contribution is 2.20. The Morgan fingerprint density at radius 3 is 3.04 bits per heavy atom. The zero-order valence-corrected chi connectivity index (χ0v) is 13.8. The van der Waals surface area contributed by atoms with Crippen molar-refractivity contribution in [3.63, 3.8) is 0 Å². The number of benzene rings is 1. The van der Waals surface area contributed by atoms with Crippen molar-refractivity contribution in [2.24, 2.45) is 0 Å². The molecule has 3 rings (SSSR count). The Hall–Kier alpha value is -2.34. The summed E-state index contributed by atoms with van der Waals surface area (Å²) in [5, 5.41) is 8.62. The highest BCUT2D eigenvalue weighted by atomic mass is 35.5. The van der Waals surface area contributed by atoms with Crippen molar-refractivity contribution < 1.29 is 9.18 Å². The van der Waals surface area contributed by atoms with Crippen LogP contribution in [-0.2, 0) is 12.8 Å². The number of carbonyl (C=O) groups is 1. The summed E-state index contributed by atoms with van der Waals surface area (Å²) in [7, 11) is 0. The van der Waals surface area contributed by atoms with Gasteiger partial charge in [-0.15, -0.1) is 0 Å². The number of hydrogen-bond donors (Lipinski definition) is 3. The fourth-order valence-electron chi connectivity index (χ4n) is 2.56. The first-order chi connectivity index (χ1) is 11.6. The van der Waals surface area contributed by atoms with E-state index in [2.05, 4.69) is 27.0 Å². The summed E-state index contributed by atoms with van der Waals surface area (Å²) < 4.78 is 13.1. The van der Waals surface area contributed by atoms with E-state index in [-0.39, 0.29) is 11.1 Å². The Labute approximate surface area is 144 Å². The van der Waals surface area contributed by atoms with Gasteiger partial charge < -0.3 is 16.0 Å². The lowest BCUT2D eigenvalue weighted by Gasteiger charge is -2.17. The maximum absolute atomic E-state index is 13.1. The third-order valence-corrected chi connectivity index (χ3v) is 4.09. The number of halogens is 2. The summed E-state index contributed by atoms with van der Waals surface area (Å²) in [6.07, 6.45) is 2.81. The van der Waals surface area contributed by atoms with E-state index >= 15 is 0 Å². The van der Waals surface area contributed by atoms with Gasteiger partial charge in [0.25, 0.3) is 0 Å². The minimum atomic E-state index is -0.519. The van der Waals surface area contributed by atoms with Crippen LogP contribution < -0.4 is 16.0 Å². The molecule has 0 unspecified atom stereocenters. The van der Waals surface area contributed by atoms with E-state index in [4.69, 9.17) is 11.6 Å². The summed E-state index contributed by atoms with van der Waals surface area (Å²) in [6, 6.07) is 7.75. The molecule has 24 heavy (non-hydrogen) atoms. The van der Waals surface area contributed by atoms with Crippen molar-refractivity contribution in [1.29, 1.82) is 0 Å². The van der Waals surface area contributed by atoms with Crippen molar-refractivity contribution in [2.45, 2.75) is 19.3 Å². The van der Waals surface area contributed by atoms with Gasteiger partial charge in [-0.1, -0.05) is 17.7 Å². The van der Waals surface area contributed by atoms with Crippen molar-refractivity contribution >= 4 is 29.1 Å². The SMILES string of the molecule is O=C(NCCc1ccc2c(n1)NCCC2)Nc1ccc(F)c(Cl)c1. The molecule has 2 amide bonds. The lowest BCUT2D eigenvalue weighted by Crippen LogP contribution is -2.30. The fourth-order valence-corrected chi connectivity index (χ4v) is 2.74. The fraction of sp³-hybridized carbons (Fsp3) is 0.294. The summed E-state index contributed by atoms with van der Waals surface area (Å²) in [4.78, 5) is 16.4. The largest absolute Gasteiger partial charge is 0.370 e. The molecule has 1 aromatic heterocycles. The molecule has 0 aliphatic carbocycles. The zero-order chi connectivity index (χ0) is 16.9. The number of anilines is 2. The van der Waals surface area contributed by atoms with Crippen molar-refractivity contribution in [3.8, 4) is 0 Å². The first-order valence-electron chi connectivity index (χ1n) is 7.84. The highest BCUT2D eigenvalue weighted by molar-refractivity contribution is 6.31. The Morgan fingerprint density at radius 2 is 2.21 bits per heavy atom. The summed E-state index contributed by atoms with van der Waals surface area (Å²) in [5.41, 5.74) is 2.60. The minimum absolute atomic E-state index is 0.0291. The lowest BCUT2D eigenvalue weighted by molar-refractivity contribution is 0.252. The normalized spacial score (nSPS) is 12.9. The number of rotatable bonds is 4. The molecule has 1 aliphatic heterocycles. The Kier molecular flexibility index (Phi) is 5.15. The molecule has 0 fully saturated rings. The van der Waals surface area contributed by atoms with Gasteiger partial charge in [0.1, 0.15) is 11.6 Å². The predicted octanol–water partition coefficient (Wildman–Crippen LogP) is 3.60. The van der Waals surface area contributed by atoms with Gasteiger partial charge >= 0.3 is 6.03 Å². The van der Waals surface area contributed by atoms with E-state index in [9.17, 15) is 9.18 Å². The first-order valence-corrected chi connectivity index (χ1v) is 8.22.